The highest BCUT2D eigenvalue weighted by molar-refractivity contribution is 9.10. The van der Waals surface area contributed by atoms with Gasteiger partial charge in [0.1, 0.15) is 0 Å². The van der Waals surface area contributed by atoms with E-state index in [1.165, 1.54) is 0 Å². The van der Waals surface area contributed by atoms with Gasteiger partial charge in [0.05, 0.1) is 19.1 Å². The number of rotatable bonds is 7. The van der Waals surface area contributed by atoms with Crippen LogP contribution in [0.5, 0.6) is 0 Å². The minimum absolute atomic E-state index is 0.0708. The first-order valence-electron chi connectivity index (χ1n) is 7.30. The molecule has 5 nitrogen and oxygen atoms in total. The fraction of sp³-hybridized carbons (Fsp3) is 0.500. The Bertz CT molecular complexity index is 503. The summed E-state index contributed by atoms with van der Waals surface area (Å²) in [5.41, 5.74) is 1.04. The van der Waals surface area contributed by atoms with Crippen LogP contribution in [0.2, 0.25) is 0 Å². The Hall–Kier alpha value is -1.40. The molecule has 2 amide bonds. The van der Waals surface area contributed by atoms with Crippen molar-refractivity contribution in [3.63, 3.8) is 0 Å². The van der Waals surface area contributed by atoms with Crippen LogP contribution < -0.4 is 10.6 Å². The van der Waals surface area contributed by atoms with E-state index in [1.807, 2.05) is 45.0 Å². The van der Waals surface area contributed by atoms with Crippen molar-refractivity contribution in [1.29, 1.82) is 0 Å². The number of nitrogens with zero attached hydrogens (tertiary/aromatic N) is 1. The van der Waals surface area contributed by atoms with Gasteiger partial charge < -0.3 is 10.6 Å². The Kier molecular flexibility index (Phi) is 7.55. The highest BCUT2D eigenvalue weighted by Crippen LogP contribution is 2.16. The van der Waals surface area contributed by atoms with Gasteiger partial charge >= 0.3 is 0 Å². The average Bonchev–Trinajstić information content (AvgIpc) is 2.37. The maximum absolute atomic E-state index is 12.0. The van der Waals surface area contributed by atoms with Gasteiger partial charge in [-0.2, -0.15) is 0 Å². The second kappa shape index (κ2) is 8.90. The van der Waals surface area contributed by atoms with E-state index in [1.54, 1.807) is 11.9 Å². The van der Waals surface area contributed by atoms with E-state index in [9.17, 15) is 9.59 Å². The van der Waals surface area contributed by atoms with Crippen LogP contribution in [0, 0.1) is 0 Å². The predicted octanol–water partition coefficient (Wildman–Crippen LogP) is 2.08. The van der Waals surface area contributed by atoms with E-state index >= 15 is 0 Å². The summed E-state index contributed by atoms with van der Waals surface area (Å²) >= 11 is 3.39. The van der Waals surface area contributed by atoms with Gasteiger partial charge in [-0.15, -0.1) is 0 Å². The van der Waals surface area contributed by atoms with Gasteiger partial charge in [0.15, 0.2) is 0 Å². The van der Waals surface area contributed by atoms with Gasteiger partial charge in [0.25, 0.3) is 0 Å². The molecule has 22 heavy (non-hydrogen) atoms. The number of hydrogen-bond acceptors (Lipinski definition) is 3. The number of amides is 2. The van der Waals surface area contributed by atoms with Crippen molar-refractivity contribution in [2.75, 3.05) is 20.1 Å². The Balaban J connectivity index is 2.41. The Morgan fingerprint density at radius 3 is 2.05 bits per heavy atom. The lowest BCUT2D eigenvalue weighted by atomic mass is 10.1. The van der Waals surface area contributed by atoms with Crippen LogP contribution in [-0.2, 0) is 9.59 Å². The van der Waals surface area contributed by atoms with Crippen LogP contribution in [0.4, 0.5) is 0 Å². The minimum atomic E-state index is -0.102. The molecule has 0 saturated heterocycles. The van der Waals surface area contributed by atoms with Gasteiger partial charge in [-0.1, -0.05) is 28.1 Å². The molecule has 0 saturated carbocycles. The van der Waals surface area contributed by atoms with Crippen LogP contribution in [0.3, 0.4) is 0 Å². The number of halogens is 1. The Morgan fingerprint density at radius 1 is 1.05 bits per heavy atom. The SMILES string of the molecule is CC(C)NC(=O)CN(C)CC(=O)N[C@@H](C)c1ccc(Br)cc1. The maximum Gasteiger partial charge on any atom is 0.234 e. The molecule has 0 radical (unpaired) electrons. The fourth-order valence-corrected chi connectivity index (χ4v) is 2.30. The number of benzene rings is 1. The first-order valence-corrected chi connectivity index (χ1v) is 8.10. The summed E-state index contributed by atoms with van der Waals surface area (Å²) in [6.07, 6.45) is 0. The zero-order valence-electron chi connectivity index (χ0n) is 13.5. The second-order valence-electron chi connectivity index (χ2n) is 5.74. The molecule has 0 bridgehead atoms. The highest BCUT2D eigenvalue weighted by Gasteiger charge is 2.14. The number of likely N-dealkylation sites (N-methyl/N-ethyl adjacent to an activating group) is 1. The Morgan fingerprint density at radius 2 is 1.55 bits per heavy atom. The first kappa shape index (κ1) is 18.6. The minimum Gasteiger partial charge on any atom is -0.353 e. The summed E-state index contributed by atoms with van der Waals surface area (Å²) in [4.78, 5) is 25.3. The molecule has 0 spiro atoms. The first-order chi connectivity index (χ1) is 10.3. The molecule has 0 heterocycles. The van der Waals surface area contributed by atoms with Crippen molar-refractivity contribution < 1.29 is 9.59 Å². The largest absolute Gasteiger partial charge is 0.353 e. The van der Waals surface area contributed by atoms with Crippen molar-refractivity contribution in [3.05, 3.63) is 34.3 Å². The highest BCUT2D eigenvalue weighted by atomic mass is 79.9. The molecule has 1 aromatic rings. The quantitative estimate of drug-likeness (QED) is 0.773. The number of nitrogens with one attached hydrogen (secondary N) is 2. The number of carbonyl (C=O) groups is 2. The third kappa shape index (κ3) is 7.04. The average molecular weight is 370 g/mol. The van der Waals surface area contributed by atoms with Crippen molar-refractivity contribution in [3.8, 4) is 0 Å². The summed E-state index contributed by atoms with van der Waals surface area (Å²) in [5, 5.41) is 5.73. The van der Waals surface area contributed by atoms with Gasteiger partial charge in [0, 0.05) is 10.5 Å². The van der Waals surface area contributed by atoms with Crippen molar-refractivity contribution in [1.82, 2.24) is 15.5 Å². The van der Waals surface area contributed by atoms with E-state index in [0.29, 0.717) is 0 Å². The smallest absolute Gasteiger partial charge is 0.234 e. The lowest BCUT2D eigenvalue weighted by molar-refractivity contribution is -0.125. The van der Waals surface area contributed by atoms with E-state index < -0.39 is 0 Å². The van der Waals surface area contributed by atoms with E-state index in [4.69, 9.17) is 0 Å². The van der Waals surface area contributed by atoms with E-state index in [0.717, 1.165) is 10.0 Å². The molecule has 0 aliphatic heterocycles. The van der Waals surface area contributed by atoms with Crippen LogP contribution in [0.25, 0.3) is 0 Å². The third-order valence-corrected chi connectivity index (χ3v) is 3.55. The molecule has 122 valence electrons. The molecule has 2 N–H and O–H groups in total. The molecule has 0 aliphatic rings. The van der Waals surface area contributed by atoms with Crippen molar-refractivity contribution >= 4 is 27.7 Å². The van der Waals surface area contributed by atoms with Crippen LogP contribution in [-0.4, -0.2) is 42.9 Å². The van der Waals surface area contributed by atoms with Crippen molar-refractivity contribution in [2.24, 2.45) is 0 Å². The molecular weight excluding hydrogens is 346 g/mol. The molecule has 1 rings (SSSR count). The molecule has 1 aromatic carbocycles. The van der Waals surface area contributed by atoms with E-state index in [-0.39, 0.29) is 37.0 Å². The predicted molar refractivity (Wildman–Crippen MR) is 91.5 cm³/mol. The number of hydrogen-bond donors (Lipinski definition) is 2. The van der Waals surface area contributed by atoms with Gasteiger partial charge in [-0.05, 0) is 45.5 Å². The van der Waals surface area contributed by atoms with Gasteiger partial charge in [-0.25, -0.2) is 0 Å². The molecule has 0 fully saturated rings. The van der Waals surface area contributed by atoms with Gasteiger partial charge in [-0.3, -0.25) is 14.5 Å². The van der Waals surface area contributed by atoms with Crippen LogP contribution in [0.15, 0.2) is 28.7 Å². The summed E-state index contributed by atoms with van der Waals surface area (Å²) in [7, 11) is 1.75. The zero-order chi connectivity index (χ0) is 16.7. The van der Waals surface area contributed by atoms with Gasteiger partial charge in [0.2, 0.25) is 11.8 Å². The molecule has 0 aliphatic carbocycles. The van der Waals surface area contributed by atoms with Crippen molar-refractivity contribution in [2.45, 2.75) is 32.9 Å². The monoisotopic (exact) mass is 369 g/mol. The summed E-state index contributed by atoms with van der Waals surface area (Å²) < 4.78 is 1.01. The van der Waals surface area contributed by atoms with Crippen LogP contribution >= 0.6 is 15.9 Å². The summed E-state index contributed by atoms with van der Waals surface area (Å²) in [6, 6.07) is 7.86. The standard InChI is InChI=1S/C16H24BrN3O2/c1-11(2)18-15(21)9-20(4)10-16(22)19-12(3)13-5-7-14(17)8-6-13/h5-8,11-12H,9-10H2,1-4H3,(H,18,21)(H,19,22)/t12-/m0/s1. The third-order valence-electron chi connectivity index (χ3n) is 3.02. The topological polar surface area (TPSA) is 61.4 Å². The lowest BCUT2D eigenvalue weighted by Gasteiger charge is -2.19. The van der Waals surface area contributed by atoms with Crippen LogP contribution in [0.1, 0.15) is 32.4 Å². The Labute approximate surface area is 140 Å². The number of carbonyl (C=O) groups excluding carboxylic acids is 2. The summed E-state index contributed by atoms with van der Waals surface area (Å²) in [6.45, 7) is 6.15. The normalized spacial score (nSPS) is 12.3. The molecule has 0 aromatic heterocycles. The lowest BCUT2D eigenvalue weighted by Crippen LogP contribution is -2.42. The second-order valence-corrected chi connectivity index (χ2v) is 6.65. The molecular formula is C16H24BrN3O2. The molecule has 0 unspecified atom stereocenters. The summed E-state index contributed by atoms with van der Waals surface area (Å²) in [5.74, 6) is -0.179. The van der Waals surface area contributed by atoms with E-state index in [2.05, 4.69) is 26.6 Å². The fourth-order valence-electron chi connectivity index (χ4n) is 2.04. The molecule has 1 atom stereocenters. The maximum atomic E-state index is 12.0. The molecule has 6 heteroatoms. The zero-order valence-corrected chi connectivity index (χ0v) is 15.1.